The molecule has 2 amide bonds. The Kier molecular flexibility index (Phi) is 3.69. The number of tetrazole rings is 1. The molecule has 1 aromatic heterocycles. The van der Waals surface area contributed by atoms with Gasteiger partial charge in [0.2, 0.25) is 5.95 Å². The zero-order valence-electron chi connectivity index (χ0n) is 12.9. The Bertz CT molecular complexity index is 514. The zero-order chi connectivity index (χ0) is 15.0. The molecule has 0 unspecified atom stereocenters. The highest BCUT2D eigenvalue weighted by atomic mass is 16.2. The number of aryl methyl sites for hydroxylation is 1. The van der Waals surface area contributed by atoms with Crippen LogP contribution in [0.5, 0.6) is 0 Å². The quantitative estimate of drug-likeness (QED) is 0.865. The van der Waals surface area contributed by atoms with E-state index in [9.17, 15) is 4.79 Å². The van der Waals surface area contributed by atoms with Crippen molar-refractivity contribution in [1.82, 2.24) is 30.4 Å². The fourth-order valence-corrected chi connectivity index (χ4v) is 3.09. The lowest BCUT2D eigenvalue weighted by atomic mass is 10.0. The molecule has 8 nitrogen and oxygen atoms in total. The second-order valence-electron chi connectivity index (χ2n) is 6.35. The van der Waals surface area contributed by atoms with Gasteiger partial charge in [-0.25, -0.2) is 9.48 Å². The Morgan fingerprint density at radius 2 is 2.24 bits per heavy atom. The molecule has 0 aliphatic carbocycles. The number of carbonyl (C=O) groups is 1. The van der Waals surface area contributed by atoms with Gasteiger partial charge in [0.15, 0.2) is 0 Å². The maximum atomic E-state index is 11.7. The summed E-state index contributed by atoms with van der Waals surface area (Å²) in [5, 5.41) is 15.1. The van der Waals surface area contributed by atoms with Crippen LogP contribution in [-0.2, 0) is 6.54 Å². The van der Waals surface area contributed by atoms with E-state index < -0.39 is 0 Å². The van der Waals surface area contributed by atoms with Crippen LogP contribution in [-0.4, -0.2) is 63.4 Å². The summed E-state index contributed by atoms with van der Waals surface area (Å²) in [6.07, 6.45) is 1.99. The third-order valence-electron chi connectivity index (χ3n) is 4.42. The topological polar surface area (TPSA) is 79.2 Å². The number of nitrogens with zero attached hydrogens (tertiary/aromatic N) is 6. The van der Waals surface area contributed by atoms with Gasteiger partial charge in [0.05, 0.1) is 12.1 Å². The van der Waals surface area contributed by atoms with E-state index in [1.165, 1.54) is 0 Å². The van der Waals surface area contributed by atoms with Gasteiger partial charge in [0.25, 0.3) is 0 Å². The number of carbonyl (C=O) groups excluding carboxylic acids is 1. The standard InChI is InChI=1S/C13H23N7O/c1-9(2)4-7-20-12(15-16-17-20)19-6-5-11-10(8-19)14-13(21)18(11)3/h9-11H,4-8H2,1-3H3,(H,14,21)/t10-,11+/m1/s1. The van der Waals surface area contributed by atoms with Crippen LogP contribution < -0.4 is 10.2 Å². The first kappa shape index (κ1) is 14.1. The van der Waals surface area contributed by atoms with E-state index in [1.54, 1.807) is 0 Å². The van der Waals surface area contributed by atoms with Crippen LogP contribution >= 0.6 is 0 Å². The number of piperidine rings is 1. The minimum Gasteiger partial charge on any atom is -0.337 e. The highest BCUT2D eigenvalue weighted by Gasteiger charge is 2.41. The molecule has 0 radical (unpaired) electrons. The van der Waals surface area contributed by atoms with Crippen LogP contribution in [0.1, 0.15) is 26.7 Å². The summed E-state index contributed by atoms with van der Waals surface area (Å²) in [5.74, 6) is 1.44. The lowest BCUT2D eigenvalue weighted by Crippen LogP contribution is -2.51. The second-order valence-corrected chi connectivity index (χ2v) is 6.35. The first-order chi connectivity index (χ1) is 10.1. The van der Waals surface area contributed by atoms with Crippen molar-refractivity contribution in [2.75, 3.05) is 25.0 Å². The normalized spacial score (nSPS) is 25.4. The fourth-order valence-electron chi connectivity index (χ4n) is 3.09. The predicted octanol–water partition coefficient (Wildman–Crippen LogP) is 0.322. The van der Waals surface area contributed by atoms with Crippen LogP contribution in [0.2, 0.25) is 0 Å². The zero-order valence-corrected chi connectivity index (χ0v) is 12.9. The van der Waals surface area contributed by atoms with Crippen molar-refractivity contribution in [3.63, 3.8) is 0 Å². The number of anilines is 1. The van der Waals surface area contributed by atoms with Gasteiger partial charge in [-0.15, -0.1) is 0 Å². The van der Waals surface area contributed by atoms with Crippen molar-refractivity contribution in [2.24, 2.45) is 5.92 Å². The van der Waals surface area contributed by atoms with Crippen LogP contribution in [0.4, 0.5) is 10.7 Å². The van der Waals surface area contributed by atoms with Gasteiger partial charge in [-0.1, -0.05) is 18.9 Å². The van der Waals surface area contributed by atoms with Gasteiger partial charge in [-0.3, -0.25) is 0 Å². The van der Waals surface area contributed by atoms with E-state index in [2.05, 4.69) is 39.6 Å². The monoisotopic (exact) mass is 293 g/mol. The van der Waals surface area contributed by atoms with Crippen LogP contribution in [0.3, 0.4) is 0 Å². The Morgan fingerprint density at radius 1 is 1.43 bits per heavy atom. The minimum atomic E-state index is 0.0197. The summed E-state index contributed by atoms with van der Waals surface area (Å²) in [6.45, 7) is 6.86. The van der Waals surface area contributed by atoms with Crippen LogP contribution in [0, 0.1) is 5.92 Å². The maximum absolute atomic E-state index is 11.7. The molecule has 3 rings (SSSR count). The fraction of sp³-hybridized carbons (Fsp3) is 0.846. The number of urea groups is 1. The van der Waals surface area contributed by atoms with Gasteiger partial charge in [0, 0.05) is 26.7 Å². The Labute approximate surface area is 124 Å². The minimum absolute atomic E-state index is 0.0197. The smallest absolute Gasteiger partial charge is 0.317 e. The maximum Gasteiger partial charge on any atom is 0.317 e. The molecule has 3 heterocycles. The molecule has 2 fully saturated rings. The molecule has 2 aliphatic rings. The number of hydrogen-bond acceptors (Lipinski definition) is 5. The molecular formula is C13H23N7O. The SMILES string of the molecule is CC(C)CCn1nnnc1N1CC[C@H]2[C@@H](C1)NC(=O)N2C. The molecule has 1 aromatic rings. The van der Waals surface area contributed by atoms with E-state index in [0.717, 1.165) is 38.4 Å². The second kappa shape index (κ2) is 5.50. The first-order valence-corrected chi connectivity index (χ1v) is 7.60. The number of amides is 2. The average Bonchev–Trinajstić information content (AvgIpc) is 3.02. The Morgan fingerprint density at radius 3 is 3.00 bits per heavy atom. The summed E-state index contributed by atoms with van der Waals surface area (Å²) < 4.78 is 1.88. The molecule has 21 heavy (non-hydrogen) atoms. The lowest BCUT2D eigenvalue weighted by molar-refractivity contribution is 0.211. The summed E-state index contributed by atoms with van der Waals surface area (Å²) >= 11 is 0. The summed E-state index contributed by atoms with van der Waals surface area (Å²) in [6, 6.07) is 0.464. The van der Waals surface area contributed by atoms with Crippen molar-refractivity contribution in [1.29, 1.82) is 0 Å². The van der Waals surface area contributed by atoms with Crippen molar-refractivity contribution in [3.8, 4) is 0 Å². The number of rotatable bonds is 4. The number of hydrogen-bond donors (Lipinski definition) is 1. The molecule has 2 aliphatic heterocycles. The molecule has 0 aromatic carbocycles. The Hall–Kier alpha value is -1.86. The van der Waals surface area contributed by atoms with Crippen LogP contribution in [0.25, 0.3) is 0 Å². The van der Waals surface area contributed by atoms with E-state index in [0.29, 0.717) is 5.92 Å². The largest absolute Gasteiger partial charge is 0.337 e. The molecule has 0 spiro atoms. The number of aromatic nitrogens is 4. The van der Waals surface area contributed by atoms with Crippen LogP contribution in [0.15, 0.2) is 0 Å². The number of nitrogens with one attached hydrogen (secondary N) is 1. The van der Waals surface area contributed by atoms with Crippen molar-refractivity contribution in [2.45, 2.75) is 45.3 Å². The van der Waals surface area contributed by atoms with E-state index in [4.69, 9.17) is 0 Å². The molecule has 2 saturated heterocycles. The van der Waals surface area contributed by atoms with Crippen molar-refractivity contribution >= 4 is 12.0 Å². The molecule has 0 saturated carbocycles. The number of fused-ring (bicyclic) bond motifs is 1. The molecule has 116 valence electrons. The average molecular weight is 293 g/mol. The van der Waals surface area contributed by atoms with E-state index >= 15 is 0 Å². The highest BCUT2D eigenvalue weighted by molar-refractivity contribution is 5.77. The predicted molar refractivity (Wildman–Crippen MR) is 78.0 cm³/mol. The van der Waals surface area contributed by atoms with E-state index in [1.807, 2.05) is 16.6 Å². The third-order valence-corrected chi connectivity index (χ3v) is 4.42. The molecule has 2 atom stereocenters. The number of likely N-dealkylation sites (N-methyl/N-ethyl adjacent to an activating group) is 1. The van der Waals surface area contributed by atoms with Gasteiger partial charge < -0.3 is 15.1 Å². The molecular weight excluding hydrogens is 270 g/mol. The van der Waals surface area contributed by atoms with Gasteiger partial charge in [-0.05, 0) is 29.2 Å². The van der Waals surface area contributed by atoms with Gasteiger partial charge >= 0.3 is 6.03 Å². The van der Waals surface area contributed by atoms with E-state index in [-0.39, 0.29) is 18.1 Å². The third kappa shape index (κ3) is 2.66. The van der Waals surface area contributed by atoms with Gasteiger partial charge in [0.1, 0.15) is 0 Å². The lowest BCUT2D eigenvalue weighted by Gasteiger charge is -2.35. The summed E-state index contributed by atoms with van der Waals surface area (Å²) in [4.78, 5) is 15.7. The summed E-state index contributed by atoms with van der Waals surface area (Å²) in [7, 11) is 1.86. The Balaban J connectivity index is 1.69. The molecule has 1 N–H and O–H groups in total. The highest BCUT2D eigenvalue weighted by Crippen LogP contribution is 2.24. The first-order valence-electron chi connectivity index (χ1n) is 7.60. The van der Waals surface area contributed by atoms with Crippen molar-refractivity contribution < 1.29 is 4.79 Å². The van der Waals surface area contributed by atoms with Crippen molar-refractivity contribution in [3.05, 3.63) is 0 Å². The molecule has 0 bridgehead atoms. The van der Waals surface area contributed by atoms with Gasteiger partial charge in [-0.2, -0.15) is 0 Å². The summed E-state index contributed by atoms with van der Waals surface area (Å²) in [5.41, 5.74) is 0. The molecule has 8 heteroatoms.